The van der Waals surface area contributed by atoms with Gasteiger partial charge in [0.25, 0.3) is 0 Å². The molecule has 1 aliphatic heterocycles. The van der Waals surface area contributed by atoms with Gasteiger partial charge in [0.05, 0.1) is 0 Å². The van der Waals surface area contributed by atoms with Gasteiger partial charge in [-0.2, -0.15) is 0 Å². The van der Waals surface area contributed by atoms with Crippen LogP contribution in [0.25, 0.3) is 0 Å². The second-order valence-corrected chi connectivity index (χ2v) is 5.93. The molecule has 13 heavy (non-hydrogen) atoms. The van der Waals surface area contributed by atoms with E-state index in [0.717, 1.165) is 0 Å². The third kappa shape index (κ3) is 1.14. The normalized spacial score (nSPS) is 19.4. The molecule has 0 N–H and O–H groups in total. The SMILES string of the molecule is [C]1=C2C=CC=C2[AsH]c2ccccc21. The number of benzene rings is 1. The van der Waals surface area contributed by atoms with Crippen molar-refractivity contribution in [3.8, 4) is 0 Å². The van der Waals surface area contributed by atoms with Crippen molar-refractivity contribution >= 4 is 20.1 Å². The van der Waals surface area contributed by atoms with E-state index in [-0.39, 0.29) is 15.8 Å². The fourth-order valence-electron chi connectivity index (χ4n) is 1.63. The predicted octanol–water partition coefficient (Wildman–Crippen LogP) is 1.29. The van der Waals surface area contributed by atoms with Gasteiger partial charge in [-0.3, -0.25) is 0 Å². The third-order valence-corrected chi connectivity index (χ3v) is 5.24. The first-order valence-electron chi connectivity index (χ1n) is 4.32. The van der Waals surface area contributed by atoms with Gasteiger partial charge < -0.3 is 0 Å². The van der Waals surface area contributed by atoms with Gasteiger partial charge >= 0.3 is 84.2 Å². The molecular weight excluding hydrogens is 219 g/mol. The number of hydrogen-bond donors (Lipinski definition) is 0. The molecule has 1 heteroatoms. The Bertz CT molecular complexity index is 450. The van der Waals surface area contributed by atoms with E-state index in [1.807, 2.05) is 0 Å². The molecule has 1 heterocycles. The molecule has 0 saturated carbocycles. The minimum atomic E-state index is -0.0875. The molecule has 2 aliphatic rings. The zero-order valence-electron chi connectivity index (χ0n) is 7.04. The Balaban J connectivity index is 2.21. The van der Waals surface area contributed by atoms with Crippen LogP contribution in [0.1, 0.15) is 5.56 Å². The van der Waals surface area contributed by atoms with E-state index in [4.69, 9.17) is 0 Å². The van der Waals surface area contributed by atoms with Crippen molar-refractivity contribution in [2.75, 3.05) is 0 Å². The van der Waals surface area contributed by atoms with Crippen molar-refractivity contribution in [1.29, 1.82) is 0 Å². The summed E-state index contributed by atoms with van der Waals surface area (Å²) in [4.78, 5) is 0. The standard InChI is InChI=1S/C12H8As/c1-2-6-11-9(4-1)8-10-5-3-7-12(10)13-11/h1-7,13H. The molecule has 0 amide bonds. The molecule has 1 atom stereocenters. The fourth-order valence-corrected chi connectivity index (χ4v) is 4.17. The zero-order valence-corrected chi connectivity index (χ0v) is 9.14. The van der Waals surface area contributed by atoms with E-state index in [2.05, 4.69) is 48.6 Å². The Morgan fingerprint density at radius 3 is 3.08 bits per heavy atom. The summed E-state index contributed by atoms with van der Waals surface area (Å²) in [6, 6.07) is 8.61. The van der Waals surface area contributed by atoms with E-state index in [0.29, 0.717) is 0 Å². The maximum absolute atomic E-state index is 3.45. The molecule has 1 aromatic carbocycles. The molecule has 0 fully saturated rings. The molecule has 1 unspecified atom stereocenters. The van der Waals surface area contributed by atoms with Gasteiger partial charge in [-0.15, -0.1) is 0 Å². The summed E-state index contributed by atoms with van der Waals surface area (Å²) < 4.78 is 3.04. The Kier molecular flexibility index (Phi) is 1.57. The van der Waals surface area contributed by atoms with Crippen molar-refractivity contribution in [2.24, 2.45) is 0 Å². The van der Waals surface area contributed by atoms with Crippen molar-refractivity contribution in [1.82, 2.24) is 0 Å². The number of allylic oxidation sites excluding steroid dienone is 5. The van der Waals surface area contributed by atoms with Gasteiger partial charge in [0.1, 0.15) is 0 Å². The van der Waals surface area contributed by atoms with Gasteiger partial charge in [0.2, 0.25) is 0 Å². The van der Waals surface area contributed by atoms with Crippen LogP contribution in [0.3, 0.4) is 0 Å². The van der Waals surface area contributed by atoms with Gasteiger partial charge in [-0.1, -0.05) is 0 Å². The van der Waals surface area contributed by atoms with Crippen molar-refractivity contribution in [3.63, 3.8) is 0 Å². The molecule has 0 bridgehead atoms. The van der Waals surface area contributed by atoms with Crippen LogP contribution in [-0.2, 0) is 0 Å². The molecule has 1 aliphatic carbocycles. The average molecular weight is 227 g/mol. The Morgan fingerprint density at radius 2 is 2.08 bits per heavy atom. The van der Waals surface area contributed by atoms with Crippen molar-refractivity contribution in [3.05, 3.63) is 64.1 Å². The number of fused-ring (bicyclic) bond motifs is 2. The Labute approximate surface area is 84.4 Å². The zero-order chi connectivity index (χ0) is 8.67. The quantitative estimate of drug-likeness (QED) is 0.586. The summed E-state index contributed by atoms with van der Waals surface area (Å²) in [5.74, 6) is 0. The van der Waals surface area contributed by atoms with E-state index in [1.165, 1.54) is 19.8 Å². The van der Waals surface area contributed by atoms with Crippen molar-refractivity contribution < 1.29 is 0 Å². The second kappa shape index (κ2) is 2.75. The van der Waals surface area contributed by atoms with Crippen molar-refractivity contribution in [2.45, 2.75) is 0 Å². The molecule has 3 rings (SSSR count). The Morgan fingerprint density at radius 1 is 1.15 bits per heavy atom. The van der Waals surface area contributed by atoms with Crippen LogP contribution < -0.4 is 4.35 Å². The molecule has 61 valence electrons. The first kappa shape index (κ1) is 7.41. The average Bonchev–Trinajstić information content (AvgIpc) is 2.61. The van der Waals surface area contributed by atoms with Gasteiger partial charge in [-0.05, 0) is 0 Å². The maximum atomic E-state index is 3.45. The van der Waals surface area contributed by atoms with E-state index >= 15 is 0 Å². The predicted molar refractivity (Wildman–Crippen MR) is 56.3 cm³/mol. The van der Waals surface area contributed by atoms with Crippen LogP contribution in [0.5, 0.6) is 0 Å². The fraction of sp³-hybridized carbons (Fsp3) is 0. The topological polar surface area (TPSA) is 0 Å². The van der Waals surface area contributed by atoms with Gasteiger partial charge in [-0.25, -0.2) is 0 Å². The monoisotopic (exact) mass is 227 g/mol. The summed E-state index contributed by atoms with van der Waals surface area (Å²) >= 11 is -0.0875. The summed E-state index contributed by atoms with van der Waals surface area (Å²) in [5, 5.41) is 0. The summed E-state index contributed by atoms with van der Waals surface area (Å²) in [7, 11) is 0. The van der Waals surface area contributed by atoms with E-state index < -0.39 is 0 Å². The molecule has 1 aromatic rings. The van der Waals surface area contributed by atoms with E-state index in [9.17, 15) is 0 Å². The summed E-state index contributed by atoms with van der Waals surface area (Å²) in [6.07, 6.45) is 9.98. The molecule has 0 saturated heterocycles. The molecule has 0 spiro atoms. The van der Waals surface area contributed by atoms with Crippen LogP contribution in [0.15, 0.2) is 52.4 Å². The van der Waals surface area contributed by atoms with Crippen LogP contribution in [-0.4, -0.2) is 15.8 Å². The van der Waals surface area contributed by atoms with Crippen LogP contribution in [0.2, 0.25) is 0 Å². The second-order valence-electron chi connectivity index (χ2n) is 3.15. The molecule has 0 nitrogen and oxygen atoms in total. The third-order valence-electron chi connectivity index (χ3n) is 2.28. The Hall–Kier alpha value is -1.00. The first-order chi connectivity index (χ1) is 6.43. The number of rotatable bonds is 0. The van der Waals surface area contributed by atoms with Gasteiger partial charge in [0, 0.05) is 0 Å². The van der Waals surface area contributed by atoms with Crippen LogP contribution in [0.4, 0.5) is 0 Å². The summed E-state index contributed by atoms with van der Waals surface area (Å²) in [5.41, 5.74) is 2.62. The molecule has 0 aromatic heterocycles. The first-order valence-corrected chi connectivity index (χ1v) is 6.42. The van der Waals surface area contributed by atoms with E-state index in [1.54, 1.807) is 0 Å². The van der Waals surface area contributed by atoms with Crippen LogP contribution in [0, 0.1) is 6.08 Å². The van der Waals surface area contributed by atoms with Crippen LogP contribution >= 0.6 is 0 Å². The minimum absolute atomic E-state index is 0.0875. The molecular formula is C12H8As. The summed E-state index contributed by atoms with van der Waals surface area (Å²) in [6.45, 7) is 0. The molecule has 1 radical (unpaired) electrons. The van der Waals surface area contributed by atoms with Gasteiger partial charge in [0.15, 0.2) is 0 Å². The number of hydrogen-bond acceptors (Lipinski definition) is 0.